The van der Waals surface area contributed by atoms with E-state index in [0.717, 1.165) is 19.3 Å². The molecule has 0 aliphatic carbocycles. The molecule has 0 aromatic carbocycles. The number of unbranched alkanes of at least 4 members (excludes halogenated alkanes) is 3. The summed E-state index contributed by atoms with van der Waals surface area (Å²) in [7, 11) is 0. The van der Waals surface area contributed by atoms with Gasteiger partial charge in [0.15, 0.2) is 0 Å². The zero-order valence-electron chi connectivity index (χ0n) is 14.6. The Labute approximate surface area is 166 Å². The van der Waals surface area contributed by atoms with Crippen LogP contribution in [0.25, 0.3) is 0 Å². The van der Waals surface area contributed by atoms with Crippen LogP contribution < -0.4 is 39.4 Å². The number of hydrogen-bond acceptors (Lipinski definition) is 5. The van der Waals surface area contributed by atoms with Gasteiger partial charge < -0.3 is 19.7 Å². The van der Waals surface area contributed by atoms with Crippen LogP contribution >= 0.6 is 0 Å². The van der Waals surface area contributed by atoms with Gasteiger partial charge in [-0.1, -0.05) is 19.8 Å². The van der Waals surface area contributed by atoms with Crippen molar-refractivity contribution in [3.63, 3.8) is 0 Å². The molecule has 5 nitrogen and oxygen atoms in total. The van der Waals surface area contributed by atoms with Crippen LogP contribution in [-0.4, -0.2) is 22.7 Å². The Balaban J connectivity index is 0.00000529. The number of carboxylic acids is 1. The Hall–Kier alpha value is -1.06. The maximum absolute atomic E-state index is 10.3. The van der Waals surface area contributed by atoms with Gasteiger partial charge in [-0.05, 0) is 31.4 Å². The van der Waals surface area contributed by atoms with Gasteiger partial charge in [0.25, 0.3) is 0 Å². The van der Waals surface area contributed by atoms with Gasteiger partial charge in [-0.15, -0.1) is 11.8 Å². The molecule has 0 fully saturated rings. The van der Waals surface area contributed by atoms with Gasteiger partial charge in [0.1, 0.15) is 0 Å². The summed E-state index contributed by atoms with van der Waals surface area (Å²) in [5.41, 5.74) is 0.632. The van der Waals surface area contributed by atoms with Crippen LogP contribution in [-0.2, 0) is 4.79 Å². The summed E-state index contributed by atoms with van der Waals surface area (Å²) in [5.74, 6) is 5.11. The monoisotopic (exact) mass is 341 g/mol. The number of hydrogen-bond donors (Lipinski definition) is 1. The molecule has 1 N–H and O–H groups in total. The zero-order valence-corrected chi connectivity index (χ0v) is 16.6. The topological polar surface area (TPSA) is 82.5 Å². The normalized spacial score (nSPS) is 10.9. The van der Waals surface area contributed by atoms with Crippen molar-refractivity contribution in [2.75, 3.05) is 6.61 Å². The van der Waals surface area contributed by atoms with E-state index < -0.39 is 12.1 Å². The fourth-order valence-electron chi connectivity index (χ4n) is 1.99. The first-order valence-electron chi connectivity index (χ1n) is 8.06. The number of rotatable bonds is 10. The standard InChI is InChI=1S/C18H25NO4.Na/c1-2-3-8-14-23-18-15(10-9-13-19-18)16(20)11-6-4-5-7-12-17(21)22;/h9-10,13,16,20H,2-3,5,7-8,11-12,14H2,1H3,(H,21,22);/q;+1/p-1. The van der Waals surface area contributed by atoms with Crippen LogP contribution in [0.1, 0.15) is 63.5 Å². The van der Waals surface area contributed by atoms with E-state index in [-0.39, 0.29) is 42.4 Å². The minimum absolute atomic E-state index is 0. The van der Waals surface area contributed by atoms with E-state index in [1.165, 1.54) is 0 Å². The molecule has 0 saturated heterocycles. The summed E-state index contributed by atoms with van der Waals surface area (Å²) < 4.78 is 5.64. The second-order valence-electron chi connectivity index (χ2n) is 5.25. The minimum atomic E-state index is -1.06. The molecule has 0 amide bonds. The number of carboxylic acid groups (broad SMARTS) is 1. The minimum Gasteiger partial charge on any atom is -0.550 e. The maximum Gasteiger partial charge on any atom is 1.00 e. The molecular weight excluding hydrogens is 317 g/mol. The summed E-state index contributed by atoms with van der Waals surface area (Å²) >= 11 is 0. The van der Waals surface area contributed by atoms with Crippen molar-refractivity contribution in [2.24, 2.45) is 0 Å². The summed E-state index contributed by atoms with van der Waals surface area (Å²) in [6, 6.07) is 3.54. The Morgan fingerprint density at radius 3 is 2.88 bits per heavy atom. The molecule has 0 bridgehead atoms. The van der Waals surface area contributed by atoms with Gasteiger partial charge in [-0.2, -0.15) is 0 Å². The number of aromatic nitrogens is 1. The molecule has 1 aromatic rings. The smallest absolute Gasteiger partial charge is 0.550 e. The van der Waals surface area contributed by atoms with Crippen LogP contribution in [0.4, 0.5) is 0 Å². The molecule has 0 radical (unpaired) electrons. The third kappa shape index (κ3) is 9.94. The van der Waals surface area contributed by atoms with Crippen molar-refractivity contribution in [2.45, 2.75) is 58.0 Å². The Morgan fingerprint density at radius 2 is 2.17 bits per heavy atom. The quantitative estimate of drug-likeness (QED) is 0.335. The number of carbonyl (C=O) groups is 1. The summed E-state index contributed by atoms with van der Waals surface area (Å²) in [6.45, 7) is 2.71. The molecule has 1 heterocycles. The molecule has 24 heavy (non-hydrogen) atoms. The molecule has 1 rings (SSSR count). The predicted molar refractivity (Wildman–Crippen MR) is 85.5 cm³/mol. The van der Waals surface area contributed by atoms with Gasteiger partial charge in [0, 0.05) is 30.6 Å². The van der Waals surface area contributed by atoms with E-state index in [1.54, 1.807) is 18.3 Å². The first-order chi connectivity index (χ1) is 11.1. The van der Waals surface area contributed by atoms with Gasteiger partial charge in [-0.3, -0.25) is 0 Å². The average Bonchev–Trinajstić information content (AvgIpc) is 2.54. The van der Waals surface area contributed by atoms with Crippen molar-refractivity contribution in [3.05, 3.63) is 23.9 Å². The first-order valence-corrected chi connectivity index (χ1v) is 8.06. The van der Waals surface area contributed by atoms with E-state index in [2.05, 4.69) is 23.7 Å². The molecule has 126 valence electrons. The number of nitrogens with zero attached hydrogens (tertiary/aromatic N) is 1. The number of carbonyl (C=O) groups excluding carboxylic acids is 1. The molecule has 0 spiro atoms. The van der Waals surface area contributed by atoms with Crippen LogP contribution in [0, 0.1) is 11.8 Å². The largest absolute Gasteiger partial charge is 1.00 e. The third-order valence-corrected chi connectivity index (χ3v) is 3.25. The molecule has 0 saturated carbocycles. The average molecular weight is 341 g/mol. The van der Waals surface area contributed by atoms with Crippen molar-refractivity contribution in [1.82, 2.24) is 4.98 Å². The number of aliphatic hydroxyl groups excluding tert-OH is 1. The second-order valence-corrected chi connectivity index (χ2v) is 5.25. The Morgan fingerprint density at radius 1 is 1.38 bits per heavy atom. The van der Waals surface area contributed by atoms with Gasteiger partial charge in [0.05, 0.1) is 12.7 Å². The van der Waals surface area contributed by atoms with E-state index in [0.29, 0.717) is 30.9 Å². The van der Waals surface area contributed by atoms with Crippen LogP contribution in [0.3, 0.4) is 0 Å². The van der Waals surface area contributed by atoms with Gasteiger partial charge in [-0.25, -0.2) is 4.98 Å². The molecule has 6 heteroatoms. The molecule has 0 aliphatic heterocycles. The maximum atomic E-state index is 10.3. The Kier molecular flexibility index (Phi) is 13.7. The molecule has 1 aromatic heterocycles. The van der Waals surface area contributed by atoms with Crippen LogP contribution in [0.2, 0.25) is 0 Å². The summed E-state index contributed by atoms with van der Waals surface area (Å²) in [5, 5.41) is 20.5. The van der Waals surface area contributed by atoms with Crippen molar-refractivity contribution >= 4 is 5.97 Å². The zero-order chi connectivity index (χ0) is 16.9. The fourth-order valence-corrected chi connectivity index (χ4v) is 1.99. The molecule has 1 atom stereocenters. The molecular formula is C18H24NNaO4. The number of aliphatic hydroxyl groups is 1. The number of aliphatic carboxylic acids is 1. The third-order valence-electron chi connectivity index (χ3n) is 3.25. The molecule has 1 unspecified atom stereocenters. The number of ether oxygens (including phenoxy) is 1. The van der Waals surface area contributed by atoms with E-state index in [4.69, 9.17) is 4.74 Å². The molecule has 0 aliphatic rings. The Bertz CT molecular complexity index is 539. The van der Waals surface area contributed by atoms with E-state index in [9.17, 15) is 15.0 Å². The van der Waals surface area contributed by atoms with Gasteiger partial charge in [0.2, 0.25) is 5.88 Å². The summed E-state index contributed by atoms with van der Waals surface area (Å²) in [4.78, 5) is 14.4. The second kappa shape index (κ2) is 14.3. The van der Waals surface area contributed by atoms with Crippen LogP contribution in [0.5, 0.6) is 5.88 Å². The summed E-state index contributed by atoms with van der Waals surface area (Å²) in [6.07, 6.45) is 5.27. The number of pyridine rings is 1. The fraction of sp³-hybridized carbons (Fsp3) is 0.556. The first kappa shape index (κ1) is 22.9. The SMILES string of the molecule is CCCCCOc1ncccc1C(O)CC#CCCCC(=O)[O-].[Na+]. The predicted octanol–water partition coefficient (Wildman–Crippen LogP) is -0.998. The van der Waals surface area contributed by atoms with Gasteiger partial charge >= 0.3 is 29.6 Å². The van der Waals surface area contributed by atoms with Crippen molar-refractivity contribution < 1.29 is 49.3 Å². The van der Waals surface area contributed by atoms with Crippen molar-refractivity contribution in [1.29, 1.82) is 0 Å². The van der Waals surface area contributed by atoms with Crippen LogP contribution in [0.15, 0.2) is 18.3 Å². The van der Waals surface area contributed by atoms with E-state index in [1.807, 2.05) is 0 Å². The van der Waals surface area contributed by atoms with Crippen molar-refractivity contribution in [3.8, 4) is 17.7 Å². The van der Waals surface area contributed by atoms with E-state index >= 15 is 0 Å².